The Morgan fingerprint density at radius 3 is 1.67 bits per heavy atom. The highest BCUT2D eigenvalue weighted by molar-refractivity contribution is 6.49. The maximum Gasteiger partial charge on any atom is 0.225 e. The van der Waals surface area contributed by atoms with Crippen molar-refractivity contribution in [3.05, 3.63) is 26.2 Å². The SMILES string of the molecule is Nc1nc(N)nc(-c2c(Cl)c(Cl)cc(Cl)c2Cl)n1. The minimum atomic E-state index is -0.0549. The lowest BCUT2D eigenvalue weighted by molar-refractivity contribution is 1.09. The van der Waals surface area contributed by atoms with Crippen LogP contribution in [-0.4, -0.2) is 15.0 Å². The number of halogens is 4. The topological polar surface area (TPSA) is 90.7 Å². The van der Waals surface area contributed by atoms with Gasteiger partial charge in [0, 0.05) is 0 Å². The Labute approximate surface area is 122 Å². The molecule has 1 aromatic heterocycles. The van der Waals surface area contributed by atoms with Crippen molar-refractivity contribution in [2.24, 2.45) is 0 Å². The molecule has 0 fully saturated rings. The van der Waals surface area contributed by atoms with Crippen LogP contribution < -0.4 is 11.5 Å². The van der Waals surface area contributed by atoms with Crippen molar-refractivity contribution < 1.29 is 0 Å². The molecule has 18 heavy (non-hydrogen) atoms. The van der Waals surface area contributed by atoms with Crippen LogP contribution in [0.25, 0.3) is 11.4 Å². The van der Waals surface area contributed by atoms with Crippen molar-refractivity contribution in [2.45, 2.75) is 0 Å². The summed E-state index contributed by atoms with van der Waals surface area (Å²) in [6, 6.07) is 1.42. The third-order valence-corrected chi connectivity index (χ3v) is 3.58. The predicted molar refractivity (Wildman–Crippen MR) is 74.1 cm³/mol. The molecule has 5 nitrogen and oxygen atoms in total. The number of hydrogen-bond acceptors (Lipinski definition) is 5. The van der Waals surface area contributed by atoms with Crippen LogP contribution in [0.5, 0.6) is 0 Å². The second-order valence-electron chi connectivity index (χ2n) is 3.22. The Morgan fingerprint density at radius 1 is 0.778 bits per heavy atom. The summed E-state index contributed by atoms with van der Waals surface area (Å²) < 4.78 is 0. The first-order valence-electron chi connectivity index (χ1n) is 4.50. The van der Waals surface area contributed by atoms with E-state index in [0.29, 0.717) is 0 Å². The van der Waals surface area contributed by atoms with Crippen molar-refractivity contribution in [3.63, 3.8) is 0 Å². The molecule has 0 unspecified atom stereocenters. The van der Waals surface area contributed by atoms with Crippen molar-refractivity contribution in [2.75, 3.05) is 11.5 Å². The van der Waals surface area contributed by atoms with Crippen molar-refractivity contribution in [1.29, 1.82) is 0 Å². The van der Waals surface area contributed by atoms with Gasteiger partial charge >= 0.3 is 0 Å². The smallest absolute Gasteiger partial charge is 0.225 e. The van der Waals surface area contributed by atoms with E-state index in [1.165, 1.54) is 6.07 Å². The Kier molecular flexibility index (Phi) is 3.68. The van der Waals surface area contributed by atoms with Crippen LogP contribution in [0.15, 0.2) is 6.07 Å². The number of aromatic nitrogens is 3. The van der Waals surface area contributed by atoms with Gasteiger partial charge in [-0.15, -0.1) is 0 Å². The minimum absolute atomic E-state index is 0.0549. The quantitative estimate of drug-likeness (QED) is 0.785. The molecule has 0 aliphatic carbocycles. The Morgan fingerprint density at radius 2 is 1.22 bits per heavy atom. The molecular formula is C9H5Cl4N5. The van der Waals surface area contributed by atoms with Gasteiger partial charge in [0.25, 0.3) is 0 Å². The van der Waals surface area contributed by atoms with E-state index in [1.807, 2.05) is 0 Å². The number of nitrogens with two attached hydrogens (primary N) is 2. The summed E-state index contributed by atoms with van der Waals surface area (Å²) in [4.78, 5) is 11.4. The first-order valence-corrected chi connectivity index (χ1v) is 6.01. The third-order valence-electron chi connectivity index (χ3n) is 2.01. The zero-order valence-corrected chi connectivity index (χ0v) is 11.6. The third kappa shape index (κ3) is 2.40. The highest BCUT2D eigenvalue weighted by Gasteiger charge is 2.18. The van der Waals surface area contributed by atoms with Gasteiger partial charge in [-0.05, 0) is 6.07 Å². The summed E-state index contributed by atoms with van der Waals surface area (Å²) in [6.07, 6.45) is 0. The molecule has 0 aliphatic rings. The van der Waals surface area contributed by atoms with Gasteiger partial charge in [-0.1, -0.05) is 46.4 Å². The fourth-order valence-corrected chi connectivity index (χ4v) is 2.27. The number of anilines is 2. The Bertz CT molecular complexity index is 584. The molecule has 2 aromatic rings. The van der Waals surface area contributed by atoms with E-state index < -0.39 is 0 Å². The lowest BCUT2D eigenvalue weighted by Gasteiger charge is -2.09. The summed E-state index contributed by atoms with van der Waals surface area (Å²) in [5.74, 6) is 0.000799. The molecule has 0 radical (unpaired) electrons. The molecule has 4 N–H and O–H groups in total. The minimum Gasteiger partial charge on any atom is -0.368 e. The molecule has 0 aliphatic heterocycles. The maximum absolute atomic E-state index is 6.05. The van der Waals surface area contributed by atoms with E-state index >= 15 is 0 Å². The first-order chi connectivity index (χ1) is 8.40. The standard InChI is InChI=1S/C9H5Cl4N5/c10-2-1-3(11)6(13)4(5(2)12)7-16-8(14)18-9(15)17-7/h1H,(H4,14,15,16,17,18). The molecular weight excluding hydrogens is 320 g/mol. The molecule has 0 saturated heterocycles. The normalized spacial score (nSPS) is 10.7. The van der Waals surface area contributed by atoms with Crippen LogP contribution in [0.2, 0.25) is 20.1 Å². The second-order valence-corrected chi connectivity index (χ2v) is 4.79. The van der Waals surface area contributed by atoms with Gasteiger partial charge in [0.15, 0.2) is 5.82 Å². The molecule has 9 heteroatoms. The average Bonchev–Trinajstić information content (AvgIpc) is 2.25. The number of benzene rings is 1. The lowest BCUT2D eigenvalue weighted by Crippen LogP contribution is -2.04. The van der Waals surface area contributed by atoms with E-state index in [1.54, 1.807) is 0 Å². The fourth-order valence-electron chi connectivity index (χ4n) is 1.29. The molecule has 0 amide bonds. The summed E-state index contributed by atoms with van der Waals surface area (Å²) in [6.45, 7) is 0. The lowest BCUT2D eigenvalue weighted by atomic mass is 10.2. The summed E-state index contributed by atoms with van der Waals surface area (Å²) in [7, 11) is 0. The molecule has 1 aromatic carbocycles. The van der Waals surface area contributed by atoms with Gasteiger partial charge in [0.05, 0.1) is 25.7 Å². The van der Waals surface area contributed by atoms with Gasteiger partial charge in [0.1, 0.15) is 0 Å². The molecule has 0 spiro atoms. The van der Waals surface area contributed by atoms with Crippen LogP contribution in [-0.2, 0) is 0 Å². The van der Waals surface area contributed by atoms with Gasteiger partial charge in [0.2, 0.25) is 11.9 Å². The Hall–Kier alpha value is -1.01. The van der Waals surface area contributed by atoms with Gasteiger partial charge in [-0.3, -0.25) is 0 Å². The largest absolute Gasteiger partial charge is 0.368 e. The maximum atomic E-state index is 6.05. The zero-order chi connectivity index (χ0) is 13.4. The van der Waals surface area contributed by atoms with Gasteiger partial charge in [-0.25, -0.2) is 0 Å². The number of hydrogen-bond donors (Lipinski definition) is 2. The monoisotopic (exact) mass is 323 g/mol. The fraction of sp³-hybridized carbons (Fsp3) is 0. The molecule has 94 valence electrons. The van der Waals surface area contributed by atoms with Crippen molar-refractivity contribution >= 4 is 58.3 Å². The summed E-state index contributed by atoms with van der Waals surface area (Å²) in [5.41, 5.74) is 11.2. The van der Waals surface area contributed by atoms with E-state index in [2.05, 4.69) is 15.0 Å². The number of nitrogens with zero attached hydrogens (tertiary/aromatic N) is 3. The molecule has 1 heterocycles. The first kappa shape index (κ1) is 13.4. The Balaban J connectivity index is 2.78. The molecule has 0 atom stereocenters. The average molecular weight is 325 g/mol. The van der Waals surface area contributed by atoms with Crippen LogP contribution in [0, 0.1) is 0 Å². The van der Waals surface area contributed by atoms with Crippen LogP contribution in [0.1, 0.15) is 0 Å². The zero-order valence-electron chi connectivity index (χ0n) is 8.59. The summed E-state index contributed by atoms with van der Waals surface area (Å²) in [5, 5.41) is 0.768. The summed E-state index contributed by atoms with van der Waals surface area (Å²) >= 11 is 23.9. The van der Waals surface area contributed by atoms with E-state index in [0.717, 1.165) is 0 Å². The van der Waals surface area contributed by atoms with E-state index in [9.17, 15) is 0 Å². The number of rotatable bonds is 1. The van der Waals surface area contributed by atoms with Crippen LogP contribution >= 0.6 is 46.4 Å². The highest BCUT2D eigenvalue weighted by atomic mass is 35.5. The second kappa shape index (κ2) is 4.93. The van der Waals surface area contributed by atoms with E-state index in [-0.39, 0.29) is 43.4 Å². The van der Waals surface area contributed by atoms with Crippen LogP contribution in [0.3, 0.4) is 0 Å². The molecule has 2 rings (SSSR count). The molecule has 0 bridgehead atoms. The molecule has 0 saturated carbocycles. The van der Waals surface area contributed by atoms with Crippen molar-refractivity contribution in [1.82, 2.24) is 15.0 Å². The number of nitrogen functional groups attached to an aromatic ring is 2. The van der Waals surface area contributed by atoms with E-state index in [4.69, 9.17) is 57.9 Å². The van der Waals surface area contributed by atoms with Gasteiger partial charge in [-0.2, -0.15) is 15.0 Å². The predicted octanol–water partition coefficient (Wildman–Crippen LogP) is 3.32. The van der Waals surface area contributed by atoms with Gasteiger partial charge < -0.3 is 11.5 Å². The van der Waals surface area contributed by atoms with Crippen molar-refractivity contribution in [3.8, 4) is 11.4 Å². The highest BCUT2D eigenvalue weighted by Crippen LogP contribution is 2.42. The van der Waals surface area contributed by atoms with Crippen LogP contribution in [0.4, 0.5) is 11.9 Å².